The number of likely N-dealkylation sites (N-methyl/N-ethyl adjacent to an activating group) is 1. The van der Waals surface area contributed by atoms with Gasteiger partial charge in [-0.05, 0) is 45.0 Å². The third-order valence-corrected chi connectivity index (χ3v) is 4.02. The van der Waals surface area contributed by atoms with E-state index in [9.17, 15) is 4.79 Å². The van der Waals surface area contributed by atoms with Gasteiger partial charge in [-0.15, -0.1) is 0 Å². The van der Waals surface area contributed by atoms with E-state index in [0.29, 0.717) is 0 Å². The van der Waals surface area contributed by atoms with Gasteiger partial charge in [-0.1, -0.05) is 12.1 Å². The van der Waals surface area contributed by atoms with Gasteiger partial charge in [0.15, 0.2) is 6.10 Å². The van der Waals surface area contributed by atoms with Crippen molar-refractivity contribution < 1.29 is 9.53 Å². The number of benzene rings is 1. The number of ether oxygens (including phenoxy) is 1. The average Bonchev–Trinajstić information content (AvgIpc) is 2.44. The van der Waals surface area contributed by atoms with E-state index in [1.54, 1.807) is 0 Å². The van der Waals surface area contributed by atoms with E-state index in [2.05, 4.69) is 24.9 Å². The van der Waals surface area contributed by atoms with E-state index in [1.165, 1.54) is 5.56 Å². The number of nitrogens with zero attached hydrogens (tertiary/aromatic N) is 2. The molecule has 1 saturated heterocycles. The Kier molecular flexibility index (Phi) is 4.65. The fourth-order valence-electron chi connectivity index (χ4n) is 2.38. The topological polar surface area (TPSA) is 32.8 Å². The van der Waals surface area contributed by atoms with Gasteiger partial charge >= 0.3 is 0 Å². The molecule has 110 valence electrons. The summed E-state index contributed by atoms with van der Waals surface area (Å²) in [7, 11) is 2.08. The number of amides is 1. The molecule has 0 aromatic heterocycles. The van der Waals surface area contributed by atoms with Crippen LogP contribution < -0.4 is 4.74 Å². The molecule has 4 heteroatoms. The van der Waals surface area contributed by atoms with Crippen LogP contribution in [0.2, 0.25) is 0 Å². The van der Waals surface area contributed by atoms with Crippen LogP contribution in [-0.4, -0.2) is 55.0 Å². The van der Waals surface area contributed by atoms with Gasteiger partial charge in [0.1, 0.15) is 5.75 Å². The molecule has 1 fully saturated rings. The molecule has 1 atom stereocenters. The van der Waals surface area contributed by atoms with Gasteiger partial charge in [-0.3, -0.25) is 4.79 Å². The maximum Gasteiger partial charge on any atom is 0.263 e. The fourth-order valence-corrected chi connectivity index (χ4v) is 2.38. The first-order valence-electron chi connectivity index (χ1n) is 7.19. The number of hydrogen-bond acceptors (Lipinski definition) is 3. The van der Waals surface area contributed by atoms with E-state index in [-0.39, 0.29) is 5.91 Å². The van der Waals surface area contributed by atoms with Crippen molar-refractivity contribution in [2.75, 3.05) is 33.2 Å². The number of rotatable bonds is 3. The Hall–Kier alpha value is -1.55. The number of hydrogen-bond donors (Lipinski definition) is 0. The van der Waals surface area contributed by atoms with Gasteiger partial charge in [0.2, 0.25) is 0 Å². The molecule has 0 bridgehead atoms. The second-order valence-corrected chi connectivity index (χ2v) is 5.59. The summed E-state index contributed by atoms with van der Waals surface area (Å²) in [5.74, 6) is 0.888. The minimum Gasteiger partial charge on any atom is -0.481 e. The Morgan fingerprint density at radius 2 is 1.85 bits per heavy atom. The van der Waals surface area contributed by atoms with Gasteiger partial charge in [0.05, 0.1) is 0 Å². The molecule has 0 spiro atoms. The summed E-state index contributed by atoms with van der Waals surface area (Å²) in [4.78, 5) is 16.5. The van der Waals surface area contributed by atoms with Crippen LogP contribution in [0.3, 0.4) is 0 Å². The Morgan fingerprint density at radius 1 is 1.20 bits per heavy atom. The number of carbonyl (C=O) groups is 1. The third kappa shape index (κ3) is 3.31. The lowest BCUT2D eigenvalue weighted by Crippen LogP contribution is -2.50. The Labute approximate surface area is 121 Å². The first-order valence-corrected chi connectivity index (χ1v) is 7.19. The zero-order chi connectivity index (χ0) is 14.7. The first-order chi connectivity index (χ1) is 9.49. The zero-order valence-electron chi connectivity index (χ0n) is 12.8. The second-order valence-electron chi connectivity index (χ2n) is 5.59. The molecule has 1 aliphatic rings. The molecule has 1 aromatic carbocycles. The van der Waals surface area contributed by atoms with Crippen LogP contribution >= 0.6 is 0 Å². The number of aryl methyl sites for hydroxylation is 1. The molecule has 0 aliphatic carbocycles. The van der Waals surface area contributed by atoms with Crippen molar-refractivity contribution in [2.45, 2.75) is 26.9 Å². The van der Waals surface area contributed by atoms with Crippen molar-refractivity contribution >= 4 is 5.91 Å². The molecule has 2 rings (SSSR count). The largest absolute Gasteiger partial charge is 0.481 e. The number of carbonyl (C=O) groups excluding carboxylic acids is 1. The third-order valence-electron chi connectivity index (χ3n) is 4.02. The molecular formula is C16H24N2O2. The lowest BCUT2D eigenvalue weighted by molar-refractivity contribution is -0.139. The summed E-state index contributed by atoms with van der Waals surface area (Å²) >= 11 is 0. The zero-order valence-corrected chi connectivity index (χ0v) is 12.8. The molecule has 1 unspecified atom stereocenters. The summed E-state index contributed by atoms with van der Waals surface area (Å²) in [6.07, 6.45) is -0.432. The molecule has 1 aliphatic heterocycles. The highest BCUT2D eigenvalue weighted by Gasteiger charge is 2.25. The van der Waals surface area contributed by atoms with Gasteiger partial charge in [-0.25, -0.2) is 0 Å². The molecule has 20 heavy (non-hydrogen) atoms. The van der Waals surface area contributed by atoms with E-state index in [4.69, 9.17) is 4.74 Å². The highest BCUT2D eigenvalue weighted by atomic mass is 16.5. The highest BCUT2D eigenvalue weighted by molar-refractivity contribution is 5.81. The van der Waals surface area contributed by atoms with Crippen LogP contribution in [0, 0.1) is 13.8 Å². The monoisotopic (exact) mass is 276 g/mol. The molecule has 1 aromatic rings. The van der Waals surface area contributed by atoms with Crippen LogP contribution in [-0.2, 0) is 4.79 Å². The standard InChI is InChI=1S/C16H24N2O2/c1-12-6-5-7-15(13(12)2)20-14(3)16(19)18-10-8-17(4)9-11-18/h5-7,14H,8-11H2,1-4H3. The first kappa shape index (κ1) is 14.9. The molecule has 1 amide bonds. The van der Waals surface area contributed by atoms with Gasteiger partial charge in [-0.2, -0.15) is 0 Å². The lowest BCUT2D eigenvalue weighted by atomic mass is 10.1. The molecular weight excluding hydrogens is 252 g/mol. The predicted octanol–water partition coefficient (Wildman–Crippen LogP) is 1.84. The average molecular weight is 276 g/mol. The summed E-state index contributed by atoms with van der Waals surface area (Å²) in [6, 6.07) is 5.94. The van der Waals surface area contributed by atoms with Crippen molar-refractivity contribution in [2.24, 2.45) is 0 Å². The van der Waals surface area contributed by atoms with Crippen molar-refractivity contribution in [1.82, 2.24) is 9.80 Å². The molecule has 0 radical (unpaired) electrons. The van der Waals surface area contributed by atoms with E-state index in [1.807, 2.05) is 30.9 Å². The molecule has 1 heterocycles. The van der Waals surface area contributed by atoms with E-state index in [0.717, 1.165) is 37.5 Å². The Morgan fingerprint density at radius 3 is 2.50 bits per heavy atom. The van der Waals surface area contributed by atoms with Crippen molar-refractivity contribution in [3.8, 4) is 5.75 Å². The summed E-state index contributed by atoms with van der Waals surface area (Å²) < 4.78 is 5.86. The molecule has 0 saturated carbocycles. The summed E-state index contributed by atoms with van der Waals surface area (Å²) in [5.41, 5.74) is 2.28. The van der Waals surface area contributed by atoms with Gasteiger partial charge in [0, 0.05) is 26.2 Å². The summed E-state index contributed by atoms with van der Waals surface area (Å²) in [6.45, 7) is 9.35. The maximum atomic E-state index is 12.4. The van der Waals surface area contributed by atoms with Crippen molar-refractivity contribution in [1.29, 1.82) is 0 Å². The minimum atomic E-state index is -0.432. The van der Waals surface area contributed by atoms with Crippen LogP contribution in [0.1, 0.15) is 18.1 Å². The molecule has 0 N–H and O–H groups in total. The molecule has 4 nitrogen and oxygen atoms in total. The summed E-state index contributed by atoms with van der Waals surface area (Å²) in [5, 5.41) is 0. The van der Waals surface area contributed by atoms with Gasteiger partial charge < -0.3 is 14.5 Å². The van der Waals surface area contributed by atoms with Crippen molar-refractivity contribution in [3.63, 3.8) is 0 Å². The smallest absolute Gasteiger partial charge is 0.263 e. The predicted molar refractivity (Wildman–Crippen MR) is 80.1 cm³/mol. The maximum absolute atomic E-state index is 12.4. The van der Waals surface area contributed by atoms with Crippen molar-refractivity contribution in [3.05, 3.63) is 29.3 Å². The van der Waals surface area contributed by atoms with Gasteiger partial charge in [0.25, 0.3) is 5.91 Å². The Bertz CT molecular complexity index is 479. The van der Waals surface area contributed by atoms with Crippen LogP contribution in [0.15, 0.2) is 18.2 Å². The SMILES string of the molecule is Cc1cccc(OC(C)C(=O)N2CCN(C)CC2)c1C. The lowest BCUT2D eigenvalue weighted by Gasteiger charge is -2.34. The minimum absolute atomic E-state index is 0.0824. The van der Waals surface area contributed by atoms with Crippen LogP contribution in [0.25, 0.3) is 0 Å². The van der Waals surface area contributed by atoms with Crippen LogP contribution in [0.4, 0.5) is 0 Å². The fraction of sp³-hybridized carbons (Fsp3) is 0.562. The number of piperazine rings is 1. The van der Waals surface area contributed by atoms with E-state index < -0.39 is 6.10 Å². The van der Waals surface area contributed by atoms with E-state index >= 15 is 0 Å². The van der Waals surface area contributed by atoms with Crippen LogP contribution in [0.5, 0.6) is 5.75 Å². The quantitative estimate of drug-likeness (QED) is 0.844. The normalized spacial score (nSPS) is 17.9. The Balaban J connectivity index is 1.99. The highest BCUT2D eigenvalue weighted by Crippen LogP contribution is 2.22. The second kappa shape index (κ2) is 6.27.